The van der Waals surface area contributed by atoms with Crippen molar-refractivity contribution in [3.05, 3.63) is 0 Å². The predicted octanol–water partition coefficient (Wildman–Crippen LogP) is -4.13. The van der Waals surface area contributed by atoms with Crippen molar-refractivity contribution < 1.29 is 85.6 Å². The third kappa shape index (κ3) is 10.5. The molecular weight excluding hydrogens is 706 g/mol. The molecule has 0 bridgehead atoms. The average molecular weight is 743 g/mol. The second kappa shape index (κ2) is 16.4. The summed E-state index contributed by atoms with van der Waals surface area (Å²) in [5, 5.41) is -4.97. The lowest BCUT2D eigenvalue weighted by molar-refractivity contribution is -0.197. The smallest absolute Gasteiger partial charge is 0.334 e. The molecule has 24 heteroatoms. The number of hydroxylamine groups is 4. The fraction of sp³-hybridized carbons (Fsp3) is 0.560. The molecule has 0 aromatic heterocycles. The summed E-state index contributed by atoms with van der Waals surface area (Å²) in [6, 6.07) is 0. The lowest BCUT2D eigenvalue weighted by Crippen LogP contribution is -2.48. The average Bonchev–Trinajstić information content (AvgIpc) is 3.49. The standard InChI is InChI=1S/C25H31N5O17S2/c1-4-17(31)28(13-20(34)26(5-2)9-7-22(36)46-29-18(32)11-15(24(29)38)48(40,41)42)14-21(35)27(6-3)10-8-23(37)47-30-19(33)12-16(25(30)39)49(43,44)45/h1,15-16H,5-14H2,2-3H3,(H,40,41,42)(H,43,44,45)/i2D3,5D2. The number of nitrogens with zero attached hydrogens (tertiary/aromatic N) is 5. The lowest BCUT2D eigenvalue weighted by Gasteiger charge is -2.28. The first-order valence-corrected chi connectivity index (χ1v) is 16.5. The van der Waals surface area contributed by atoms with E-state index in [0.717, 1.165) is 4.90 Å². The van der Waals surface area contributed by atoms with Crippen LogP contribution in [0.4, 0.5) is 0 Å². The number of amides is 7. The Balaban J connectivity index is 2.17. The van der Waals surface area contributed by atoms with E-state index in [9.17, 15) is 60.0 Å². The summed E-state index contributed by atoms with van der Waals surface area (Å²) in [7, 11) is -10.1. The maximum Gasteiger partial charge on any atom is 0.334 e. The Morgan fingerprint density at radius 3 is 1.59 bits per heavy atom. The van der Waals surface area contributed by atoms with E-state index >= 15 is 0 Å². The first-order chi connectivity index (χ1) is 24.6. The van der Waals surface area contributed by atoms with E-state index in [1.807, 2.05) is 0 Å². The Hall–Kier alpha value is -4.99. The molecule has 0 aromatic carbocycles. The molecule has 7 amide bonds. The van der Waals surface area contributed by atoms with Crippen LogP contribution in [0.25, 0.3) is 0 Å². The summed E-state index contributed by atoms with van der Waals surface area (Å²) in [5.41, 5.74) is 0. The summed E-state index contributed by atoms with van der Waals surface area (Å²) >= 11 is 0. The molecule has 22 nitrogen and oxygen atoms in total. The van der Waals surface area contributed by atoms with Gasteiger partial charge in [-0.05, 0) is 19.7 Å². The molecule has 2 N–H and O–H groups in total. The topological polar surface area (TPSA) is 297 Å². The number of terminal acetylenes is 1. The van der Waals surface area contributed by atoms with Gasteiger partial charge >= 0.3 is 11.9 Å². The highest BCUT2D eigenvalue weighted by Gasteiger charge is 2.49. The van der Waals surface area contributed by atoms with Gasteiger partial charge in [-0.2, -0.15) is 16.8 Å². The molecule has 2 unspecified atom stereocenters. The molecule has 0 radical (unpaired) electrons. The van der Waals surface area contributed by atoms with Gasteiger partial charge in [0.2, 0.25) is 11.8 Å². The zero-order valence-corrected chi connectivity index (χ0v) is 26.8. The third-order valence-electron chi connectivity index (χ3n) is 6.59. The molecule has 0 saturated carbocycles. The molecule has 0 aromatic rings. The van der Waals surface area contributed by atoms with Crippen molar-refractivity contribution in [3.63, 3.8) is 0 Å². The Bertz CT molecular complexity index is 1880. The van der Waals surface area contributed by atoms with E-state index in [0.29, 0.717) is 4.90 Å². The van der Waals surface area contributed by atoms with Gasteiger partial charge in [-0.3, -0.25) is 42.7 Å². The van der Waals surface area contributed by atoms with Crippen LogP contribution in [0.3, 0.4) is 0 Å². The van der Waals surface area contributed by atoms with Crippen molar-refractivity contribution in [1.82, 2.24) is 24.8 Å². The minimum absolute atomic E-state index is 0.0573. The van der Waals surface area contributed by atoms with E-state index in [4.69, 9.17) is 22.4 Å². The normalized spacial score (nSPS) is 19.9. The van der Waals surface area contributed by atoms with E-state index < -0.39 is 149 Å². The van der Waals surface area contributed by atoms with E-state index in [1.54, 1.807) is 5.92 Å². The fourth-order valence-electron chi connectivity index (χ4n) is 4.05. The van der Waals surface area contributed by atoms with Crippen LogP contribution >= 0.6 is 0 Å². The van der Waals surface area contributed by atoms with Crippen LogP contribution in [-0.2, 0) is 73.1 Å². The minimum atomic E-state index is -5.09. The van der Waals surface area contributed by atoms with E-state index in [2.05, 4.69) is 9.68 Å². The maximum atomic E-state index is 13.3. The van der Waals surface area contributed by atoms with Gasteiger partial charge in [0.1, 0.15) is 13.1 Å². The molecule has 2 saturated heterocycles. The van der Waals surface area contributed by atoms with Crippen LogP contribution in [0.1, 0.15) is 46.3 Å². The van der Waals surface area contributed by atoms with Gasteiger partial charge in [-0.1, -0.05) is 0 Å². The van der Waals surface area contributed by atoms with Crippen LogP contribution in [0, 0.1) is 12.3 Å². The monoisotopic (exact) mass is 742 g/mol. The molecule has 0 spiro atoms. The highest BCUT2D eigenvalue weighted by atomic mass is 32.2. The van der Waals surface area contributed by atoms with Crippen LogP contribution < -0.4 is 0 Å². The highest BCUT2D eigenvalue weighted by Crippen LogP contribution is 2.21. The van der Waals surface area contributed by atoms with Crippen LogP contribution in [0.15, 0.2) is 0 Å². The molecule has 2 fully saturated rings. The van der Waals surface area contributed by atoms with E-state index in [-0.39, 0.29) is 21.6 Å². The number of likely N-dealkylation sites (N-methyl/N-ethyl adjacent to an activating group) is 2. The van der Waals surface area contributed by atoms with Crippen LogP contribution in [0.5, 0.6) is 0 Å². The van der Waals surface area contributed by atoms with E-state index in [1.165, 1.54) is 6.92 Å². The van der Waals surface area contributed by atoms with Gasteiger partial charge < -0.3 is 24.4 Å². The fourth-order valence-corrected chi connectivity index (χ4v) is 5.46. The van der Waals surface area contributed by atoms with Crippen molar-refractivity contribution in [3.8, 4) is 12.3 Å². The van der Waals surface area contributed by atoms with Crippen LogP contribution in [-0.4, -0.2) is 154 Å². The van der Waals surface area contributed by atoms with Crippen molar-refractivity contribution in [1.29, 1.82) is 0 Å². The summed E-state index contributed by atoms with van der Waals surface area (Å²) in [6.07, 6.45) is 1.12. The molecule has 2 rings (SSSR count). The second-order valence-electron chi connectivity index (χ2n) is 9.83. The molecule has 49 heavy (non-hydrogen) atoms. The summed E-state index contributed by atoms with van der Waals surface area (Å²) in [6.45, 7) is -10.1. The van der Waals surface area contributed by atoms with Crippen molar-refractivity contribution in [2.45, 2.75) is 50.0 Å². The largest absolute Gasteiger partial charge is 0.341 e. The number of rotatable bonds is 16. The van der Waals surface area contributed by atoms with Gasteiger partial charge in [-0.15, -0.1) is 16.5 Å². The lowest BCUT2D eigenvalue weighted by atomic mass is 10.3. The van der Waals surface area contributed by atoms with Gasteiger partial charge in [0.05, 0.1) is 25.7 Å². The first kappa shape index (κ1) is 32.6. The molecule has 2 aliphatic rings. The molecule has 2 aliphatic heterocycles. The quantitative estimate of drug-likeness (QED) is 0.0862. The minimum Gasteiger partial charge on any atom is -0.341 e. The number of hydrogen-bond acceptors (Lipinski definition) is 15. The first-order valence-electron chi connectivity index (χ1n) is 16.0. The predicted molar refractivity (Wildman–Crippen MR) is 155 cm³/mol. The van der Waals surface area contributed by atoms with Crippen LogP contribution in [0.2, 0.25) is 0 Å². The van der Waals surface area contributed by atoms with Gasteiger partial charge in [0.25, 0.3) is 49.8 Å². The van der Waals surface area contributed by atoms with Crippen molar-refractivity contribution in [2.75, 3.05) is 39.2 Å². The zero-order valence-electron chi connectivity index (χ0n) is 30.2. The maximum absolute atomic E-state index is 13.3. The van der Waals surface area contributed by atoms with Gasteiger partial charge in [0, 0.05) is 33.0 Å². The number of imide groups is 2. The highest BCUT2D eigenvalue weighted by molar-refractivity contribution is 7.87. The number of hydrogen-bond donors (Lipinski definition) is 2. The zero-order chi connectivity index (χ0) is 41.7. The van der Waals surface area contributed by atoms with Crippen molar-refractivity contribution >= 4 is 73.5 Å². The second-order valence-corrected chi connectivity index (χ2v) is 13.0. The Kier molecular flexibility index (Phi) is 10.9. The SMILES string of the molecule is [2H]C([2H])([2H])C([2H])([2H])N(CCC(=O)ON1C(=O)CC(S(=O)(=O)O)C1=O)C(=O)CN(CC(=O)N(CC)CCC(=O)ON1C(=O)CC(S(=O)(=O)O)C1=O)C(=O)C#C. The Labute approximate surface area is 285 Å². The molecule has 2 atom stereocenters. The summed E-state index contributed by atoms with van der Waals surface area (Å²) in [5.74, 6) is -11.1. The molecule has 270 valence electrons. The molecule has 0 aliphatic carbocycles. The van der Waals surface area contributed by atoms with Gasteiger partial charge in [0.15, 0.2) is 10.5 Å². The molecule has 2 heterocycles. The molecular formula is C25H31N5O17S2. The third-order valence-corrected chi connectivity index (χ3v) is 8.76. The summed E-state index contributed by atoms with van der Waals surface area (Å²) in [4.78, 5) is 122. The van der Waals surface area contributed by atoms with Crippen molar-refractivity contribution in [2.24, 2.45) is 0 Å². The summed E-state index contributed by atoms with van der Waals surface area (Å²) < 4.78 is 102. The number of carbonyl (C=O) groups excluding carboxylic acids is 9. The Morgan fingerprint density at radius 2 is 1.24 bits per heavy atom. The number of carbonyl (C=O) groups is 9. The Morgan fingerprint density at radius 1 is 0.837 bits per heavy atom. The van der Waals surface area contributed by atoms with Gasteiger partial charge in [-0.25, -0.2) is 9.59 Å².